The van der Waals surface area contributed by atoms with Gasteiger partial charge in [-0.1, -0.05) is 0 Å². The van der Waals surface area contributed by atoms with E-state index in [0.717, 1.165) is 19.3 Å². The molecule has 0 unspecified atom stereocenters. The topological polar surface area (TPSA) is 43.1 Å². The molecule has 1 aromatic rings. The first-order chi connectivity index (χ1) is 5.59. The van der Waals surface area contributed by atoms with E-state index in [-0.39, 0.29) is 0 Å². The summed E-state index contributed by atoms with van der Waals surface area (Å²) in [4.78, 5) is 10.3. The minimum absolute atomic E-state index is 0.485. The Morgan fingerprint density at radius 3 is 2.67 bits per heavy atom. The summed E-state index contributed by atoms with van der Waals surface area (Å²) in [7, 11) is 0. The predicted molar refractivity (Wildman–Crippen MR) is 55.7 cm³/mol. The van der Waals surface area contributed by atoms with Crippen molar-refractivity contribution in [1.29, 1.82) is 0 Å². The van der Waals surface area contributed by atoms with E-state index in [9.17, 15) is 10.1 Å². The van der Waals surface area contributed by atoms with E-state index < -0.39 is 4.92 Å². The first-order valence-corrected chi connectivity index (χ1v) is 5.26. The molecule has 12 heavy (non-hydrogen) atoms. The molecule has 0 bridgehead atoms. The molecule has 0 saturated carbocycles. The molecule has 0 fully saturated rings. The molecular formula is C6H3Br2NO2S. The second-order valence-corrected chi connectivity index (χ2v) is 5.13. The van der Waals surface area contributed by atoms with Gasteiger partial charge in [-0.25, -0.2) is 0 Å². The van der Waals surface area contributed by atoms with Crippen molar-refractivity contribution in [3.63, 3.8) is 0 Å². The molecule has 0 aliphatic carbocycles. The van der Waals surface area contributed by atoms with Crippen LogP contribution in [0.1, 0.15) is 4.88 Å². The van der Waals surface area contributed by atoms with Gasteiger partial charge in [-0.05, 0) is 37.9 Å². The van der Waals surface area contributed by atoms with Crippen LogP contribution >= 0.6 is 43.2 Å². The Balaban J connectivity index is 2.83. The third-order valence-electron chi connectivity index (χ3n) is 1.02. The lowest BCUT2D eigenvalue weighted by molar-refractivity contribution is -0.400. The molecule has 6 heteroatoms. The summed E-state index contributed by atoms with van der Waals surface area (Å²) in [5.41, 5.74) is 0. The zero-order chi connectivity index (χ0) is 9.14. The molecule has 0 atom stereocenters. The van der Waals surface area contributed by atoms with Gasteiger partial charge in [0, 0.05) is 15.4 Å². The van der Waals surface area contributed by atoms with Crippen molar-refractivity contribution in [3.8, 4) is 0 Å². The summed E-state index contributed by atoms with van der Waals surface area (Å²) in [6.07, 6.45) is 2.38. The fourth-order valence-corrected chi connectivity index (χ4v) is 2.56. The monoisotopic (exact) mass is 311 g/mol. The molecule has 0 radical (unpaired) electrons. The molecule has 1 aromatic heterocycles. The lowest BCUT2D eigenvalue weighted by Crippen LogP contribution is -1.80. The van der Waals surface area contributed by atoms with Gasteiger partial charge in [0.15, 0.2) is 0 Å². The quantitative estimate of drug-likeness (QED) is 0.619. The van der Waals surface area contributed by atoms with Crippen LogP contribution in [0.4, 0.5) is 0 Å². The predicted octanol–water partition coefficient (Wildman–Crippen LogP) is 3.52. The highest BCUT2D eigenvalue weighted by atomic mass is 79.9. The first-order valence-electron chi connectivity index (χ1n) is 2.86. The minimum atomic E-state index is -0.485. The number of halogens is 2. The summed E-state index contributed by atoms with van der Waals surface area (Å²) in [6.45, 7) is 0. The first kappa shape index (κ1) is 9.88. The Bertz CT molecular complexity index is 315. The van der Waals surface area contributed by atoms with E-state index in [4.69, 9.17) is 0 Å². The van der Waals surface area contributed by atoms with Gasteiger partial charge in [-0.3, -0.25) is 10.1 Å². The normalized spacial score (nSPS) is 10.8. The van der Waals surface area contributed by atoms with E-state index in [2.05, 4.69) is 31.9 Å². The summed E-state index contributed by atoms with van der Waals surface area (Å²) < 4.78 is 1.85. The maximum absolute atomic E-state index is 9.96. The largest absolute Gasteiger partial charge is 0.259 e. The Labute approximate surface area is 89.5 Å². The van der Waals surface area contributed by atoms with Gasteiger partial charge in [0.05, 0.1) is 8.71 Å². The standard InChI is InChI=1S/C6H3Br2NO2S/c7-5-3-4(12-6(5)8)1-2-9(10)11/h1-3H/b2-1+. The van der Waals surface area contributed by atoms with Crippen LogP contribution in [-0.2, 0) is 0 Å². The minimum Gasteiger partial charge on any atom is -0.259 e. The van der Waals surface area contributed by atoms with Crippen LogP contribution in [-0.4, -0.2) is 4.92 Å². The van der Waals surface area contributed by atoms with Gasteiger partial charge >= 0.3 is 0 Å². The molecule has 0 aromatic carbocycles. The molecule has 0 aliphatic heterocycles. The summed E-state index contributed by atoms with van der Waals surface area (Å²) in [5.74, 6) is 0. The lowest BCUT2D eigenvalue weighted by atomic mass is 10.4. The van der Waals surface area contributed by atoms with E-state index in [1.165, 1.54) is 17.4 Å². The van der Waals surface area contributed by atoms with Gasteiger partial charge in [0.2, 0.25) is 6.20 Å². The summed E-state index contributed by atoms with van der Waals surface area (Å²) in [5, 5.41) is 9.96. The second kappa shape index (κ2) is 4.15. The van der Waals surface area contributed by atoms with Crippen LogP contribution in [0.5, 0.6) is 0 Å². The van der Waals surface area contributed by atoms with Crippen molar-refractivity contribution >= 4 is 49.3 Å². The molecule has 0 aliphatic rings. The summed E-state index contributed by atoms with van der Waals surface area (Å²) in [6, 6.07) is 1.81. The highest BCUT2D eigenvalue weighted by molar-refractivity contribution is 9.13. The van der Waals surface area contributed by atoms with Crippen molar-refractivity contribution in [1.82, 2.24) is 0 Å². The molecule has 0 spiro atoms. The van der Waals surface area contributed by atoms with Crippen molar-refractivity contribution in [2.75, 3.05) is 0 Å². The number of thiophene rings is 1. The Morgan fingerprint density at radius 2 is 2.25 bits per heavy atom. The Morgan fingerprint density at radius 1 is 1.58 bits per heavy atom. The van der Waals surface area contributed by atoms with Gasteiger partial charge in [0.25, 0.3) is 0 Å². The van der Waals surface area contributed by atoms with E-state index >= 15 is 0 Å². The van der Waals surface area contributed by atoms with Crippen molar-refractivity contribution in [2.24, 2.45) is 0 Å². The Hall–Kier alpha value is -0.200. The summed E-state index contributed by atoms with van der Waals surface area (Å²) >= 11 is 8.01. The Kier molecular flexibility index (Phi) is 3.42. The smallest absolute Gasteiger partial charge is 0.235 e. The molecule has 1 heterocycles. The average molecular weight is 313 g/mol. The van der Waals surface area contributed by atoms with Crippen molar-refractivity contribution < 1.29 is 4.92 Å². The third-order valence-corrected chi connectivity index (χ3v) is 4.25. The van der Waals surface area contributed by atoms with Crippen LogP contribution in [0.2, 0.25) is 0 Å². The average Bonchev–Trinajstić information content (AvgIpc) is 2.28. The van der Waals surface area contributed by atoms with Crippen LogP contribution in [0.15, 0.2) is 20.5 Å². The number of hydrogen-bond donors (Lipinski definition) is 0. The van der Waals surface area contributed by atoms with Crippen molar-refractivity contribution in [3.05, 3.63) is 35.5 Å². The van der Waals surface area contributed by atoms with Gasteiger partial charge in [0.1, 0.15) is 0 Å². The highest BCUT2D eigenvalue weighted by Crippen LogP contribution is 2.32. The van der Waals surface area contributed by atoms with Gasteiger partial charge < -0.3 is 0 Å². The van der Waals surface area contributed by atoms with E-state index in [0.29, 0.717) is 0 Å². The SMILES string of the molecule is O=[N+]([O-])/C=C/c1cc(Br)c(Br)s1. The second-order valence-electron chi connectivity index (χ2n) is 1.87. The van der Waals surface area contributed by atoms with Gasteiger partial charge in [-0.2, -0.15) is 0 Å². The molecule has 64 valence electrons. The number of rotatable bonds is 2. The zero-order valence-electron chi connectivity index (χ0n) is 5.66. The molecule has 0 N–H and O–H groups in total. The zero-order valence-corrected chi connectivity index (χ0v) is 9.65. The maximum atomic E-state index is 9.96. The number of nitro groups is 1. The molecule has 0 saturated heterocycles. The highest BCUT2D eigenvalue weighted by Gasteiger charge is 2.01. The van der Waals surface area contributed by atoms with Crippen molar-refractivity contribution in [2.45, 2.75) is 0 Å². The third kappa shape index (κ3) is 2.69. The van der Waals surface area contributed by atoms with E-state index in [1.807, 2.05) is 6.07 Å². The molecule has 0 amide bonds. The lowest BCUT2D eigenvalue weighted by Gasteiger charge is -1.77. The van der Waals surface area contributed by atoms with Crippen LogP contribution in [0.25, 0.3) is 6.08 Å². The molecule has 1 rings (SSSR count). The maximum Gasteiger partial charge on any atom is 0.235 e. The van der Waals surface area contributed by atoms with E-state index in [1.54, 1.807) is 0 Å². The fourth-order valence-electron chi connectivity index (χ4n) is 0.580. The van der Waals surface area contributed by atoms with Gasteiger partial charge in [-0.15, -0.1) is 11.3 Å². The molecule has 3 nitrogen and oxygen atoms in total. The number of nitrogens with zero attached hydrogens (tertiary/aromatic N) is 1. The number of hydrogen-bond acceptors (Lipinski definition) is 3. The van der Waals surface area contributed by atoms with Crippen LogP contribution in [0, 0.1) is 10.1 Å². The molecular weight excluding hydrogens is 310 g/mol. The van der Waals surface area contributed by atoms with Crippen LogP contribution in [0.3, 0.4) is 0 Å². The van der Waals surface area contributed by atoms with Crippen LogP contribution < -0.4 is 0 Å². The fraction of sp³-hybridized carbons (Fsp3) is 0.